The zero-order valence-electron chi connectivity index (χ0n) is 16.7. The number of hydrogen-bond donors (Lipinski definition) is 0. The molecule has 6 heteroatoms. The van der Waals surface area contributed by atoms with Crippen LogP contribution in [0.25, 0.3) is 5.69 Å². The number of methoxy groups -OCH3 is 1. The molecule has 29 heavy (non-hydrogen) atoms. The number of halogens is 1. The second-order valence-electron chi connectivity index (χ2n) is 7.03. The maximum absolute atomic E-state index is 12.6. The summed E-state index contributed by atoms with van der Waals surface area (Å²) in [5.74, 6) is 2.35. The highest BCUT2D eigenvalue weighted by atomic mass is 35.5. The fraction of sp³-hybridized carbons (Fsp3) is 0.261. The molecule has 0 saturated carbocycles. The smallest absolute Gasteiger partial charge is 0.255 e. The second-order valence-corrected chi connectivity index (χ2v) is 7.46. The van der Waals surface area contributed by atoms with E-state index in [9.17, 15) is 4.79 Å². The minimum absolute atomic E-state index is 0.153. The Bertz CT molecular complexity index is 1010. The molecule has 0 aliphatic heterocycles. The Morgan fingerprint density at radius 3 is 2.38 bits per heavy atom. The first-order valence-electron chi connectivity index (χ1n) is 9.37. The van der Waals surface area contributed by atoms with Crippen molar-refractivity contribution < 1.29 is 14.2 Å². The van der Waals surface area contributed by atoms with E-state index in [-0.39, 0.29) is 5.56 Å². The number of rotatable bonds is 8. The summed E-state index contributed by atoms with van der Waals surface area (Å²) in [7, 11) is 1.58. The molecule has 3 rings (SSSR count). The van der Waals surface area contributed by atoms with E-state index in [2.05, 4.69) is 13.8 Å². The summed E-state index contributed by atoms with van der Waals surface area (Å²) in [6.45, 7) is 5.05. The van der Waals surface area contributed by atoms with Gasteiger partial charge in [-0.1, -0.05) is 25.4 Å². The molecule has 0 aliphatic rings. The van der Waals surface area contributed by atoms with Crippen molar-refractivity contribution in [2.45, 2.75) is 20.5 Å². The first-order valence-corrected chi connectivity index (χ1v) is 9.75. The van der Waals surface area contributed by atoms with Crippen LogP contribution < -0.4 is 19.8 Å². The molecule has 152 valence electrons. The van der Waals surface area contributed by atoms with E-state index in [1.165, 1.54) is 0 Å². The number of hydrogen-bond acceptors (Lipinski definition) is 4. The van der Waals surface area contributed by atoms with Gasteiger partial charge < -0.3 is 14.2 Å². The van der Waals surface area contributed by atoms with E-state index in [4.69, 9.17) is 25.8 Å². The standard InChI is InChI=1S/C23H24ClNO4/c1-16(2)14-29-21-9-6-19(13-22(21)27-3)25-11-10-17(12-23(25)26)15-28-20-7-4-18(24)5-8-20/h4-13,16H,14-15H2,1-3H3. The molecule has 1 aromatic heterocycles. The summed E-state index contributed by atoms with van der Waals surface area (Å²) in [4.78, 5) is 12.6. The highest BCUT2D eigenvalue weighted by Gasteiger charge is 2.09. The van der Waals surface area contributed by atoms with Crippen LogP contribution in [0.15, 0.2) is 65.6 Å². The molecule has 0 bridgehead atoms. The van der Waals surface area contributed by atoms with Crippen molar-refractivity contribution in [3.63, 3.8) is 0 Å². The molecule has 0 radical (unpaired) electrons. The maximum Gasteiger partial charge on any atom is 0.255 e. The van der Waals surface area contributed by atoms with Crippen LogP contribution in [0.1, 0.15) is 19.4 Å². The fourth-order valence-corrected chi connectivity index (χ4v) is 2.83. The average molecular weight is 414 g/mol. The molecular weight excluding hydrogens is 390 g/mol. The lowest BCUT2D eigenvalue weighted by molar-refractivity contribution is 0.257. The van der Waals surface area contributed by atoms with Crippen LogP contribution >= 0.6 is 11.6 Å². The van der Waals surface area contributed by atoms with E-state index in [1.54, 1.807) is 54.3 Å². The molecule has 0 fully saturated rings. The van der Waals surface area contributed by atoms with Crippen LogP contribution in [-0.2, 0) is 6.61 Å². The van der Waals surface area contributed by atoms with Crippen LogP contribution in [0.3, 0.4) is 0 Å². The van der Waals surface area contributed by atoms with Gasteiger partial charge in [-0.05, 0) is 53.9 Å². The summed E-state index contributed by atoms with van der Waals surface area (Å²) in [5, 5.41) is 0.649. The summed E-state index contributed by atoms with van der Waals surface area (Å²) < 4.78 is 18.5. The number of aromatic nitrogens is 1. The molecule has 5 nitrogen and oxygen atoms in total. The lowest BCUT2D eigenvalue weighted by Gasteiger charge is -2.14. The summed E-state index contributed by atoms with van der Waals surface area (Å²) in [5.41, 5.74) is 1.33. The largest absolute Gasteiger partial charge is 0.493 e. The predicted octanol–water partition coefficient (Wildman–Crippen LogP) is 5.11. The molecule has 2 aromatic carbocycles. The average Bonchev–Trinajstić information content (AvgIpc) is 2.72. The number of pyridine rings is 1. The minimum Gasteiger partial charge on any atom is -0.493 e. The second kappa shape index (κ2) is 9.52. The molecule has 0 spiro atoms. The highest BCUT2D eigenvalue weighted by molar-refractivity contribution is 6.30. The van der Waals surface area contributed by atoms with Crippen molar-refractivity contribution in [3.05, 3.63) is 81.7 Å². The van der Waals surface area contributed by atoms with Gasteiger partial charge in [0.1, 0.15) is 12.4 Å². The SMILES string of the molecule is COc1cc(-n2ccc(COc3ccc(Cl)cc3)cc2=O)ccc1OCC(C)C. The molecule has 3 aromatic rings. The molecule has 1 heterocycles. The lowest BCUT2D eigenvalue weighted by Crippen LogP contribution is -2.18. The lowest BCUT2D eigenvalue weighted by atomic mass is 10.2. The third kappa shape index (κ3) is 5.55. The maximum atomic E-state index is 12.6. The minimum atomic E-state index is -0.153. The van der Waals surface area contributed by atoms with Crippen molar-refractivity contribution >= 4 is 11.6 Å². The van der Waals surface area contributed by atoms with Gasteiger partial charge in [0.05, 0.1) is 19.4 Å². The van der Waals surface area contributed by atoms with Gasteiger partial charge in [0.25, 0.3) is 5.56 Å². The van der Waals surface area contributed by atoms with E-state index >= 15 is 0 Å². The highest BCUT2D eigenvalue weighted by Crippen LogP contribution is 2.29. The van der Waals surface area contributed by atoms with Crippen LogP contribution in [0.2, 0.25) is 5.02 Å². The first-order chi connectivity index (χ1) is 14.0. The Kier molecular flexibility index (Phi) is 6.83. The van der Waals surface area contributed by atoms with Gasteiger partial charge in [-0.3, -0.25) is 9.36 Å². The summed E-state index contributed by atoms with van der Waals surface area (Å²) >= 11 is 5.87. The quantitative estimate of drug-likeness (QED) is 0.514. The summed E-state index contributed by atoms with van der Waals surface area (Å²) in [6.07, 6.45) is 1.73. The molecule has 0 aliphatic carbocycles. The molecule has 0 saturated heterocycles. The zero-order chi connectivity index (χ0) is 20.8. The third-order valence-electron chi connectivity index (χ3n) is 4.20. The molecular formula is C23H24ClNO4. The van der Waals surface area contributed by atoms with Crippen molar-refractivity contribution in [2.75, 3.05) is 13.7 Å². The van der Waals surface area contributed by atoms with Crippen LogP contribution in [-0.4, -0.2) is 18.3 Å². The molecule has 0 N–H and O–H groups in total. The van der Waals surface area contributed by atoms with E-state index in [0.717, 1.165) is 5.56 Å². The number of ether oxygens (including phenoxy) is 3. The third-order valence-corrected chi connectivity index (χ3v) is 4.45. The van der Waals surface area contributed by atoms with E-state index in [1.807, 2.05) is 18.2 Å². The Morgan fingerprint density at radius 1 is 0.966 bits per heavy atom. The van der Waals surface area contributed by atoms with E-state index in [0.29, 0.717) is 47.1 Å². The topological polar surface area (TPSA) is 49.7 Å². The van der Waals surface area contributed by atoms with Gasteiger partial charge in [-0.2, -0.15) is 0 Å². The molecule has 0 unspecified atom stereocenters. The number of nitrogens with zero attached hydrogens (tertiary/aromatic N) is 1. The Labute approximate surface area is 175 Å². The van der Waals surface area contributed by atoms with Gasteiger partial charge in [0.2, 0.25) is 0 Å². The van der Waals surface area contributed by atoms with Gasteiger partial charge in [-0.15, -0.1) is 0 Å². The number of benzene rings is 2. The van der Waals surface area contributed by atoms with Crippen molar-refractivity contribution in [3.8, 4) is 22.9 Å². The van der Waals surface area contributed by atoms with E-state index < -0.39 is 0 Å². The predicted molar refractivity (Wildman–Crippen MR) is 115 cm³/mol. The van der Waals surface area contributed by atoms with Crippen LogP contribution in [0.5, 0.6) is 17.2 Å². The van der Waals surface area contributed by atoms with Gasteiger partial charge in [0.15, 0.2) is 11.5 Å². The van der Waals surface area contributed by atoms with Gasteiger partial charge >= 0.3 is 0 Å². The van der Waals surface area contributed by atoms with Crippen LogP contribution in [0.4, 0.5) is 0 Å². The summed E-state index contributed by atoms with van der Waals surface area (Å²) in [6, 6.07) is 16.0. The van der Waals surface area contributed by atoms with Crippen LogP contribution in [0, 0.1) is 5.92 Å². The fourth-order valence-electron chi connectivity index (χ4n) is 2.70. The Morgan fingerprint density at radius 2 is 1.72 bits per heavy atom. The Balaban J connectivity index is 1.75. The Hall–Kier alpha value is -2.92. The van der Waals surface area contributed by atoms with Gasteiger partial charge in [-0.25, -0.2) is 0 Å². The van der Waals surface area contributed by atoms with Crippen molar-refractivity contribution in [1.29, 1.82) is 0 Å². The molecule has 0 amide bonds. The van der Waals surface area contributed by atoms with Crippen molar-refractivity contribution in [1.82, 2.24) is 4.57 Å². The zero-order valence-corrected chi connectivity index (χ0v) is 17.5. The normalized spacial score (nSPS) is 10.8. The first kappa shape index (κ1) is 20.8. The molecule has 0 atom stereocenters. The van der Waals surface area contributed by atoms with Crippen molar-refractivity contribution in [2.24, 2.45) is 5.92 Å². The van der Waals surface area contributed by atoms with Gasteiger partial charge in [0, 0.05) is 23.4 Å². The monoisotopic (exact) mass is 413 g/mol.